The van der Waals surface area contributed by atoms with E-state index in [-0.39, 0.29) is 11.9 Å². The Labute approximate surface area is 101 Å². The molecule has 1 aromatic carbocycles. The largest absolute Gasteiger partial charge is 0.493 e. The maximum atomic E-state index is 12.1. The smallest absolute Gasteiger partial charge is 0.255 e. The van der Waals surface area contributed by atoms with Crippen LogP contribution in [-0.4, -0.2) is 31.6 Å². The van der Waals surface area contributed by atoms with Crippen LogP contribution in [0.4, 0.5) is 0 Å². The van der Waals surface area contributed by atoms with Crippen molar-refractivity contribution >= 4 is 5.91 Å². The molecule has 1 aliphatic rings. The minimum Gasteiger partial charge on any atom is -0.493 e. The molecule has 1 saturated heterocycles. The van der Waals surface area contributed by atoms with Gasteiger partial charge in [-0.3, -0.25) is 4.79 Å². The monoisotopic (exact) mass is 234 g/mol. The number of ether oxygens (including phenoxy) is 1. The average Bonchev–Trinajstić information content (AvgIpc) is 2.83. The zero-order valence-electron chi connectivity index (χ0n) is 10.0. The third-order valence-corrected chi connectivity index (χ3v) is 2.83. The molecule has 0 radical (unpaired) electrons. The maximum Gasteiger partial charge on any atom is 0.255 e. The average molecular weight is 234 g/mol. The van der Waals surface area contributed by atoms with Gasteiger partial charge in [0.05, 0.1) is 12.2 Å². The Morgan fingerprint density at radius 2 is 2.35 bits per heavy atom. The van der Waals surface area contributed by atoms with E-state index in [0.717, 1.165) is 19.5 Å². The van der Waals surface area contributed by atoms with Gasteiger partial charge in [0.1, 0.15) is 5.75 Å². The van der Waals surface area contributed by atoms with Crippen molar-refractivity contribution < 1.29 is 9.53 Å². The van der Waals surface area contributed by atoms with Crippen molar-refractivity contribution in [2.45, 2.75) is 19.4 Å². The third kappa shape index (κ3) is 2.97. The molecule has 4 nitrogen and oxygen atoms in total. The summed E-state index contributed by atoms with van der Waals surface area (Å²) in [5, 5.41) is 6.24. The lowest BCUT2D eigenvalue weighted by atomic mass is 10.1. The fourth-order valence-corrected chi connectivity index (χ4v) is 1.98. The van der Waals surface area contributed by atoms with Crippen molar-refractivity contribution in [2.24, 2.45) is 0 Å². The first-order chi connectivity index (χ1) is 8.31. The number of amides is 1. The Kier molecular flexibility index (Phi) is 3.98. The highest BCUT2D eigenvalue weighted by Gasteiger charge is 2.19. The molecule has 1 aromatic rings. The minimum atomic E-state index is -0.0530. The van der Waals surface area contributed by atoms with Gasteiger partial charge in [-0.05, 0) is 32.0 Å². The van der Waals surface area contributed by atoms with Crippen LogP contribution >= 0.6 is 0 Å². The maximum absolute atomic E-state index is 12.1. The lowest BCUT2D eigenvalue weighted by Crippen LogP contribution is -2.36. The van der Waals surface area contributed by atoms with Crippen molar-refractivity contribution in [3.05, 3.63) is 29.8 Å². The van der Waals surface area contributed by atoms with Gasteiger partial charge in [-0.25, -0.2) is 0 Å². The number of rotatable bonds is 4. The van der Waals surface area contributed by atoms with Crippen LogP contribution in [0.1, 0.15) is 23.7 Å². The van der Waals surface area contributed by atoms with Gasteiger partial charge < -0.3 is 15.4 Å². The van der Waals surface area contributed by atoms with Gasteiger partial charge >= 0.3 is 0 Å². The molecule has 4 heteroatoms. The Bertz CT molecular complexity index is 387. The first-order valence-corrected chi connectivity index (χ1v) is 6.04. The molecule has 2 N–H and O–H groups in total. The van der Waals surface area contributed by atoms with E-state index in [0.29, 0.717) is 17.9 Å². The second-order valence-corrected chi connectivity index (χ2v) is 4.09. The van der Waals surface area contributed by atoms with E-state index in [9.17, 15) is 4.79 Å². The summed E-state index contributed by atoms with van der Waals surface area (Å²) < 4.78 is 5.45. The zero-order valence-corrected chi connectivity index (χ0v) is 10.0. The summed E-state index contributed by atoms with van der Waals surface area (Å²) in [6.07, 6.45) is 0.989. The quantitative estimate of drug-likeness (QED) is 0.822. The lowest BCUT2D eigenvalue weighted by molar-refractivity contribution is 0.0936. The first kappa shape index (κ1) is 11.9. The topological polar surface area (TPSA) is 50.4 Å². The highest BCUT2D eigenvalue weighted by Crippen LogP contribution is 2.18. The molecule has 17 heavy (non-hydrogen) atoms. The molecular formula is C13H18N2O2. The van der Waals surface area contributed by atoms with Gasteiger partial charge in [0.2, 0.25) is 0 Å². The molecule has 1 amide bonds. The van der Waals surface area contributed by atoms with E-state index in [1.54, 1.807) is 6.07 Å². The summed E-state index contributed by atoms with van der Waals surface area (Å²) in [4.78, 5) is 12.1. The van der Waals surface area contributed by atoms with E-state index in [1.165, 1.54) is 0 Å². The van der Waals surface area contributed by atoms with E-state index < -0.39 is 0 Å². The lowest BCUT2D eigenvalue weighted by Gasteiger charge is -2.13. The predicted molar refractivity (Wildman–Crippen MR) is 66.4 cm³/mol. The van der Waals surface area contributed by atoms with Crippen LogP contribution in [0, 0.1) is 0 Å². The number of carbonyl (C=O) groups is 1. The van der Waals surface area contributed by atoms with Crippen LogP contribution in [-0.2, 0) is 0 Å². The van der Waals surface area contributed by atoms with Crippen LogP contribution in [0.2, 0.25) is 0 Å². The van der Waals surface area contributed by atoms with Crippen LogP contribution in [0.5, 0.6) is 5.75 Å². The molecule has 2 rings (SSSR count). The molecule has 1 fully saturated rings. The normalized spacial score (nSPS) is 19.0. The zero-order chi connectivity index (χ0) is 12.1. The van der Waals surface area contributed by atoms with Gasteiger partial charge in [0.15, 0.2) is 0 Å². The summed E-state index contributed by atoms with van der Waals surface area (Å²) in [6.45, 7) is 4.30. The van der Waals surface area contributed by atoms with Gasteiger partial charge in [0, 0.05) is 12.6 Å². The number of para-hydroxylation sites is 1. The molecule has 0 aliphatic carbocycles. The van der Waals surface area contributed by atoms with Crippen LogP contribution in [0.15, 0.2) is 24.3 Å². The summed E-state index contributed by atoms with van der Waals surface area (Å²) in [5.74, 6) is 0.598. The van der Waals surface area contributed by atoms with E-state index >= 15 is 0 Å². The molecule has 0 saturated carbocycles. The second-order valence-electron chi connectivity index (χ2n) is 4.09. The fraction of sp³-hybridized carbons (Fsp3) is 0.462. The molecule has 1 aliphatic heterocycles. The van der Waals surface area contributed by atoms with Crippen molar-refractivity contribution in [3.8, 4) is 5.75 Å². The van der Waals surface area contributed by atoms with Crippen LogP contribution < -0.4 is 15.4 Å². The summed E-state index contributed by atoms with van der Waals surface area (Å²) in [6, 6.07) is 7.58. The molecule has 0 aromatic heterocycles. The number of hydrogen-bond donors (Lipinski definition) is 2. The van der Waals surface area contributed by atoms with Crippen LogP contribution in [0.3, 0.4) is 0 Å². The Hall–Kier alpha value is -1.55. The van der Waals surface area contributed by atoms with Gasteiger partial charge in [0.25, 0.3) is 5.91 Å². The van der Waals surface area contributed by atoms with E-state index in [2.05, 4.69) is 10.6 Å². The standard InChI is InChI=1S/C13H18N2O2/c1-2-17-12-6-4-3-5-11(12)13(16)15-10-7-8-14-9-10/h3-6,10,14H,2,7-9H2,1H3,(H,15,16)/t10-/m0/s1. The number of hydrogen-bond acceptors (Lipinski definition) is 3. The highest BCUT2D eigenvalue weighted by molar-refractivity contribution is 5.97. The minimum absolute atomic E-state index is 0.0530. The number of nitrogens with one attached hydrogen (secondary N) is 2. The van der Waals surface area contributed by atoms with Gasteiger partial charge in [-0.1, -0.05) is 12.1 Å². The Morgan fingerprint density at radius 3 is 3.06 bits per heavy atom. The molecular weight excluding hydrogens is 216 g/mol. The summed E-state index contributed by atoms with van der Waals surface area (Å²) >= 11 is 0. The molecule has 0 unspecified atom stereocenters. The first-order valence-electron chi connectivity index (χ1n) is 6.04. The summed E-state index contributed by atoms with van der Waals surface area (Å²) in [5.41, 5.74) is 0.612. The number of benzene rings is 1. The Balaban J connectivity index is 2.06. The fourth-order valence-electron chi connectivity index (χ4n) is 1.98. The van der Waals surface area contributed by atoms with E-state index in [1.807, 2.05) is 25.1 Å². The van der Waals surface area contributed by atoms with Crippen molar-refractivity contribution in [1.29, 1.82) is 0 Å². The molecule has 92 valence electrons. The third-order valence-electron chi connectivity index (χ3n) is 2.83. The van der Waals surface area contributed by atoms with Gasteiger partial charge in [-0.15, -0.1) is 0 Å². The Morgan fingerprint density at radius 1 is 1.53 bits per heavy atom. The SMILES string of the molecule is CCOc1ccccc1C(=O)N[C@H]1CCNC1. The highest BCUT2D eigenvalue weighted by atomic mass is 16.5. The van der Waals surface area contributed by atoms with Gasteiger partial charge in [-0.2, -0.15) is 0 Å². The van der Waals surface area contributed by atoms with Crippen LogP contribution in [0.25, 0.3) is 0 Å². The molecule has 0 bridgehead atoms. The second kappa shape index (κ2) is 5.68. The van der Waals surface area contributed by atoms with E-state index in [4.69, 9.17) is 4.74 Å². The van der Waals surface area contributed by atoms with Crippen molar-refractivity contribution in [3.63, 3.8) is 0 Å². The predicted octanol–water partition coefficient (Wildman–Crippen LogP) is 1.18. The van der Waals surface area contributed by atoms with Crippen molar-refractivity contribution in [2.75, 3.05) is 19.7 Å². The van der Waals surface area contributed by atoms with Crippen molar-refractivity contribution in [1.82, 2.24) is 10.6 Å². The molecule has 0 spiro atoms. The summed E-state index contributed by atoms with van der Waals surface area (Å²) in [7, 11) is 0. The molecule has 1 heterocycles. The number of carbonyl (C=O) groups excluding carboxylic acids is 1. The molecule has 1 atom stereocenters.